The number of pyridine rings is 1. The number of nitrogens with zero attached hydrogens (tertiary/aromatic N) is 3. The van der Waals surface area contributed by atoms with E-state index in [1.165, 1.54) is 0 Å². The molecule has 1 saturated heterocycles. The number of nitrogens with one attached hydrogen (secondary N) is 1. The van der Waals surface area contributed by atoms with Crippen molar-refractivity contribution in [3.63, 3.8) is 0 Å². The van der Waals surface area contributed by atoms with E-state index in [4.69, 9.17) is 9.47 Å². The molecule has 7 heteroatoms. The first-order valence-electron chi connectivity index (χ1n) is 8.60. The number of hydrogen-bond donors (Lipinski definition) is 1. The van der Waals surface area contributed by atoms with Crippen LogP contribution in [0.3, 0.4) is 0 Å². The summed E-state index contributed by atoms with van der Waals surface area (Å²) in [7, 11) is 3.24. The van der Waals surface area contributed by atoms with E-state index in [-0.39, 0.29) is 6.03 Å². The Balaban J connectivity index is 1.46. The number of methoxy groups -OCH3 is 2. The lowest BCUT2D eigenvalue weighted by atomic mass is 10.2. The molecule has 7 nitrogen and oxygen atoms in total. The second-order valence-corrected chi connectivity index (χ2v) is 6.04. The SMILES string of the molecule is COc1ccc(N2CCN(C(=O)NCc3ccc(OC)nc3)CC2)cc1. The number of benzene rings is 1. The number of carbonyl (C=O) groups excluding carboxylic acids is 1. The van der Waals surface area contributed by atoms with Crippen molar-refractivity contribution in [3.05, 3.63) is 48.2 Å². The molecule has 1 aromatic heterocycles. The third-order valence-electron chi connectivity index (χ3n) is 4.45. The predicted molar refractivity (Wildman–Crippen MR) is 99.8 cm³/mol. The summed E-state index contributed by atoms with van der Waals surface area (Å²) in [6.07, 6.45) is 1.71. The zero-order valence-electron chi connectivity index (χ0n) is 15.1. The summed E-state index contributed by atoms with van der Waals surface area (Å²) >= 11 is 0. The fraction of sp³-hybridized carbons (Fsp3) is 0.368. The molecule has 2 amide bonds. The molecule has 1 fully saturated rings. The number of aromatic nitrogens is 1. The third-order valence-corrected chi connectivity index (χ3v) is 4.45. The van der Waals surface area contributed by atoms with E-state index in [9.17, 15) is 4.79 Å². The van der Waals surface area contributed by atoms with E-state index >= 15 is 0 Å². The molecule has 0 spiro atoms. The van der Waals surface area contributed by atoms with Crippen LogP contribution in [0, 0.1) is 0 Å². The van der Waals surface area contributed by atoms with E-state index in [1.54, 1.807) is 26.5 Å². The average Bonchev–Trinajstić information content (AvgIpc) is 2.72. The Kier molecular flexibility index (Phi) is 5.78. The molecular weight excluding hydrogens is 332 g/mol. The summed E-state index contributed by atoms with van der Waals surface area (Å²) in [6, 6.07) is 11.6. The van der Waals surface area contributed by atoms with Crippen molar-refractivity contribution in [2.45, 2.75) is 6.54 Å². The van der Waals surface area contributed by atoms with Crippen molar-refractivity contribution in [3.8, 4) is 11.6 Å². The van der Waals surface area contributed by atoms with Crippen molar-refractivity contribution in [2.24, 2.45) is 0 Å². The molecule has 2 aromatic rings. The summed E-state index contributed by atoms with van der Waals surface area (Å²) in [6.45, 7) is 3.46. The van der Waals surface area contributed by atoms with E-state index < -0.39 is 0 Å². The second-order valence-electron chi connectivity index (χ2n) is 6.04. The van der Waals surface area contributed by atoms with Gasteiger partial charge in [0.2, 0.25) is 5.88 Å². The quantitative estimate of drug-likeness (QED) is 0.889. The summed E-state index contributed by atoms with van der Waals surface area (Å²) in [4.78, 5) is 20.6. The monoisotopic (exact) mass is 356 g/mol. The average molecular weight is 356 g/mol. The van der Waals surface area contributed by atoms with Gasteiger partial charge in [0.15, 0.2) is 0 Å². The van der Waals surface area contributed by atoms with Gasteiger partial charge in [-0.2, -0.15) is 0 Å². The van der Waals surface area contributed by atoms with Crippen LogP contribution in [-0.2, 0) is 6.54 Å². The molecule has 2 heterocycles. The maximum Gasteiger partial charge on any atom is 0.317 e. The van der Waals surface area contributed by atoms with E-state index in [0.29, 0.717) is 25.5 Å². The number of rotatable bonds is 5. The summed E-state index contributed by atoms with van der Waals surface area (Å²) in [5, 5.41) is 2.95. The van der Waals surface area contributed by atoms with Gasteiger partial charge in [0.05, 0.1) is 14.2 Å². The number of amides is 2. The first kappa shape index (κ1) is 17.8. The number of urea groups is 1. The van der Waals surface area contributed by atoms with Crippen LogP contribution in [0.25, 0.3) is 0 Å². The van der Waals surface area contributed by atoms with E-state index in [0.717, 1.165) is 30.1 Å². The first-order valence-corrected chi connectivity index (χ1v) is 8.60. The summed E-state index contributed by atoms with van der Waals surface area (Å²) in [5.41, 5.74) is 2.09. The van der Waals surface area contributed by atoms with Gasteiger partial charge in [0.25, 0.3) is 0 Å². The van der Waals surface area contributed by atoms with Crippen LogP contribution in [0.5, 0.6) is 11.6 Å². The lowest BCUT2D eigenvalue weighted by Gasteiger charge is -2.36. The lowest BCUT2D eigenvalue weighted by molar-refractivity contribution is 0.194. The van der Waals surface area contributed by atoms with E-state index in [2.05, 4.69) is 15.2 Å². The maximum absolute atomic E-state index is 12.4. The molecule has 138 valence electrons. The molecule has 0 radical (unpaired) electrons. The molecule has 1 aliphatic rings. The number of anilines is 1. The Morgan fingerprint density at radius 2 is 1.77 bits per heavy atom. The van der Waals surface area contributed by atoms with Crippen LogP contribution in [0.4, 0.5) is 10.5 Å². The highest BCUT2D eigenvalue weighted by Crippen LogP contribution is 2.20. The van der Waals surface area contributed by atoms with Crippen LogP contribution >= 0.6 is 0 Å². The maximum atomic E-state index is 12.4. The van der Waals surface area contributed by atoms with Crippen molar-refractivity contribution in [1.29, 1.82) is 0 Å². The van der Waals surface area contributed by atoms with E-state index in [1.807, 2.05) is 35.2 Å². The van der Waals surface area contributed by atoms with Crippen molar-refractivity contribution in [2.75, 3.05) is 45.3 Å². The van der Waals surface area contributed by atoms with Crippen LogP contribution in [0.15, 0.2) is 42.6 Å². The van der Waals surface area contributed by atoms with Gasteiger partial charge >= 0.3 is 6.03 Å². The van der Waals surface area contributed by atoms with Gasteiger partial charge in [0, 0.05) is 50.7 Å². The van der Waals surface area contributed by atoms with Gasteiger partial charge in [-0.3, -0.25) is 0 Å². The molecule has 3 rings (SSSR count). The predicted octanol–water partition coefficient (Wildman–Crippen LogP) is 2.13. The molecular formula is C19H24N4O3. The molecule has 1 N–H and O–H groups in total. The molecule has 0 saturated carbocycles. The third kappa shape index (κ3) is 4.36. The van der Waals surface area contributed by atoms with Gasteiger partial charge in [0.1, 0.15) is 5.75 Å². The van der Waals surface area contributed by atoms with Crippen LogP contribution in [0.1, 0.15) is 5.56 Å². The normalized spacial score (nSPS) is 14.1. The molecule has 0 unspecified atom stereocenters. The minimum absolute atomic E-state index is 0.0461. The molecule has 0 aliphatic carbocycles. The van der Waals surface area contributed by atoms with Gasteiger partial charge < -0.3 is 24.6 Å². The highest BCUT2D eigenvalue weighted by Gasteiger charge is 2.21. The van der Waals surface area contributed by atoms with Crippen molar-refractivity contribution in [1.82, 2.24) is 15.2 Å². The molecule has 0 bridgehead atoms. The highest BCUT2D eigenvalue weighted by molar-refractivity contribution is 5.74. The van der Waals surface area contributed by atoms with Gasteiger partial charge in [-0.1, -0.05) is 6.07 Å². The van der Waals surface area contributed by atoms with Crippen LogP contribution in [-0.4, -0.2) is 56.3 Å². The number of ether oxygens (including phenoxy) is 2. The number of hydrogen-bond acceptors (Lipinski definition) is 5. The van der Waals surface area contributed by atoms with Crippen LogP contribution in [0.2, 0.25) is 0 Å². The Morgan fingerprint density at radius 3 is 2.35 bits per heavy atom. The Hall–Kier alpha value is -2.96. The van der Waals surface area contributed by atoms with Gasteiger partial charge in [-0.05, 0) is 29.8 Å². The number of carbonyl (C=O) groups is 1. The lowest BCUT2D eigenvalue weighted by Crippen LogP contribution is -2.51. The molecule has 0 atom stereocenters. The summed E-state index contributed by atoms with van der Waals surface area (Å²) < 4.78 is 10.2. The smallest absolute Gasteiger partial charge is 0.317 e. The minimum Gasteiger partial charge on any atom is -0.497 e. The first-order chi connectivity index (χ1) is 12.7. The summed E-state index contributed by atoms with van der Waals surface area (Å²) in [5.74, 6) is 1.41. The standard InChI is InChI=1S/C19H24N4O3/c1-25-17-6-4-16(5-7-17)22-9-11-23(12-10-22)19(24)21-14-15-3-8-18(26-2)20-13-15/h3-8,13H,9-12,14H2,1-2H3,(H,21,24). The Morgan fingerprint density at radius 1 is 1.04 bits per heavy atom. The fourth-order valence-electron chi connectivity index (χ4n) is 2.89. The topological polar surface area (TPSA) is 66.9 Å². The highest BCUT2D eigenvalue weighted by atomic mass is 16.5. The van der Waals surface area contributed by atoms with Gasteiger partial charge in [-0.15, -0.1) is 0 Å². The van der Waals surface area contributed by atoms with Gasteiger partial charge in [-0.25, -0.2) is 9.78 Å². The largest absolute Gasteiger partial charge is 0.497 e. The fourth-order valence-corrected chi connectivity index (χ4v) is 2.89. The zero-order chi connectivity index (χ0) is 18.4. The molecule has 1 aliphatic heterocycles. The molecule has 26 heavy (non-hydrogen) atoms. The zero-order valence-corrected chi connectivity index (χ0v) is 15.1. The van der Waals surface area contributed by atoms with Crippen molar-refractivity contribution < 1.29 is 14.3 Å². The van der Waals surface area contributed by atoms with Crippen molar-refractivity contribution >= 4 is 11.7 Å². The second kappa shape index (κ2) is 8.42. The minimum atomic E-state index is -0.0461. The Bertz CT molecular complexity index is 711. The molecule has 1 aromatic carbocycles. The Labute approximate surface area is 153 Å². The van der Waals surface area contributed by atoms with Crippen LogP contribution < -0.4 is 19.7 Å². The number of piperazine rings is 1.